The number of rotatable bonds is 7. The Balaban J connectivity index is 1.36. The predicted octanol–water partition coefficient (Wildman–Crippen LogP) is 7.24. The molecule has 9 nitrogen and oxygen atoms in total. The maximum absolute atomic E-state index is 12.9. The van der Waals surface area contributed by atoms with Crippen molar-refractivity contribution < 1.29 is 18.7 Å². The monoisotopic (exact) mass is 613 g/mol. The first kappa shape index (κ1) is 29.3. The van der Waals surface area contributed by atoms with Crippen LogP contribution in [0, 0.1) is 0 Å². The van der Waals surface area contributed by atoms with Gasteiger partial charge >= 0.3 is 6.03 Å². The Labute approximate surface area is 249 Å². The number of nitrogens with one attached hydrogen (secondary N) is 3. The van der Waals surface area contributed by atoms with Crippen LogP contribution in [0.15, 0.2) is 77.7 Å². The van der Waals surface area contributed by atoms with Crippen molar-refractivity contribution in [3.63, 3.8) is 0 Å². The van der Waals surface area contributed by atoms with Crippen molar-refractivity contribution >= 4 is 57.3 Å². The number of carbonyl (C=O) groups is 2. The van der Waals surface area contributed by atoms with Gasteiger partial charge in [-0.25, -0.2) is 14.1 Å². The highest BCUT2D eigenvalue weighted by Gasteiger charge is 2.49. The van der Waals surface area contributed by atoms with Crippen molar-refractivity contribution in [1.29, 1.82) is 0 Å². The van der Waals surface area contributed by atoms with Gasteiger partial charge in [0.05, 0.1) is 29.0 Å². The van der Waals surface area contributed by atoms with Gasteiger partial charge in [0.1, 0.15) is 11.1 Å². The van der Waals surface area contributed by atoms with Gasteiger partial charge in [-0.1, -0.05) is 54.1 Å². The Hall–Kier alpha value is -3.22. The van der Waals surface area contributed by atoms with Crippen molar-refractivity contribution in [3.8, 4) is 0 Å². The largest absolute Gasteiger partial charge is 0.340 e. The molecule has 0 spiro atoms. The second-order valence-electron chi connectivity index (χ2n) is 10.9. The van der Waals surface area contributed by atoms with Crippen LogP contribution in [0.25, 0.3) is 11.0 Å². The molecular formula is C29H32ClN5O4S2. The van der Waals surface area contributed by atoms with Crippen LogP contribution in [0.5, 0.6) is 0 Å². The van der Waals surface area contributed by atoms with E-state index in [1.165, 1.54) is 16.3 Å². The summed E-state index contributed by atoms with van der Waals surface area (Å²) in [6.07, 6.45) is 0.440. The van der Waals surface area contributed by atoms with Gasteiger partial charge in [0.25, 0.3) is 0 Å². The number of amides is 3. The summed E-state index contributed by atoms with van der Waals surface area (Å²) in [7, 11) is -3.34. The SMILES string of the molecule is CC(C)(C)N1C(=O)CC(c2ccc(C[C@H](NC(=O)NSc3ccccc3)c3nc4ccc(Cl)cc4[nH]3)cc2)S1(O)O. The molecule has 216 valence electrons. The lowest BCUT2D eigenvalue weighted by Crippen LogP contribution is -2.43. The van der Waals surface area contributed by atoms with Crippen LogP contribution < -0.4 is 10.0 Å². The van der Waals surface area contributed by atoms with E-state index < -0.39 is 27.6 Å². The molecule has 1 fully saturated rings. The molecule has 0 aliphatic carbocycles. The highest BCUT2D eigenvalue weighted by molar-refractivity contribution is 8.23. The minimum atomic E-state index is -3.34. The fourth-order valence-corrected chi connectivity index (χ4v) is 8.03. The normalized spacial score (nSPS) is 18.3. The number of benzene rings is 3. The number of hydrogen-bond acceptors (Lipinski definition) is 6. The van der Waals surface area contributed by atoms with Crippen LogP contribution in [0.3, 0.4) is 0 Å². The summed E-state index contributed by atoms with van der Waals surface area (Å²) in [4.78, 5) is 34.5. The van der Waals surface area contributed by atoms with Crippen LogP contribution in [0.2, 0.25) is 5.02 Å². The third kappa shape index (κ3) is 6.49. The van der Waals surface area contributed by atoms with E-state index in [4.69, 9.17) is 16.6 Å². The second kappa shape index (κ2) is 11.6. The summed E-state index contributed by atoms with van der Waals surface area (Å²) in [5.41, 5.74) is 2.34. The molecule has 3 amide bonds. The van der Waals surface area contributed by atoms with Gasteiger partial charge in [-0.3, -0.25) is 18.6 Å². The molecule has 1 aliphatic heterocycles. The highest BCUT2D eigenvalue weighted by Crippen LogP contribution is 2.65. The lowest BCUT2D eigenvalue weighted by Gasteiger charge is -2.47. The summed E-state index contributed by atoms with van der Waals surface area (Å²) >= 11 is 7.37. The van der Waals surface area contributed by atoms with E-state index in [-0.39, 0.29) is 18.4 Å². The summed E-state index contributed by atoms with van der Waals surface area (Å²) in [5, 5.41) is 2.88. The Morgan fingerprint density at radius 2 is 1.85 bits per heavy atom. The van der Waals surface area contributed by atoms with E-state index in [9.17, 15) is 18.7 Å². The summed E-state index contributed by atoms with van der Waals surface area (Å²) < 4.78 is 26.1. The molecule has 1 unspecified atom stereocenters. The number of aromatic amines is 1. The molecular weight excluding hydrogens is 582 g/mol. The average Bonchev–Trinajstić information content (AvgIpc) is 3.44. The summed E-state index contributed by atoms with van der Waals surface area (Å²) in [5.74, 6) is 0.294. The first-order chi connectivity index (χ1) is 19.4. The third-order valence-electron chi connectivity index (χ3n) is 6.74. The van der Waals surface area contributed by atoms with Crippen LogP contribution in [0.4, 0.5) is 4.79 Å². The number of halogens is 1. The third-order valence-corrected chi connectivity index (χ3v) is 10.3. The van der Waals surface area contributed by atoms with Crippen molar-refractivity contribution in [2.24, 2.45) is 0 Å². The molecule has 1 saturated heterocycles. The first-order valence-corrected chi connectivity index (χ1v) is 15.8. The van der Waals surface area contributed by atoms with E-state index in [1.807, 2.05) is 60.7 Å². The van der Waals surface area contributed by atoms with Gasteiger partial charge in [-0.05, 0) is 80.6 Å². The number of urea groups is 1. The lowest BCUT2D eigenvalue weighted by molar-refractivity contribution is -0.128. The quantitative estimate of drug-likeness (QED) is 0.140. The van der Waals surface area contributed by atoms with E-state index in [0.717, 1.165) is 21.5 Å². The Morgan fingerprint density at radius 1 is 1.15 bits per heavy atom. The van der Waals surface area contributed by atoms with Gasteiger partial charge in [-0.15, -0.1) is 10.8 Å². The number of H-pyrrole nitrogens is 1. The minimum Gasteiger partial charge on any atom is -0.340 e. The summed E-state index contributed by atoms with van der Waals surface area (Å²) in [6, 6.07) is 21.4. The summed E-state index contributed by atoms with van der Waals surface area (Å²) in [6.45, 7) is 5.37. The number of imidazole rings is 1. The average molecular weight is 614 g/mol. The topological polar surface area (TPSA) is 131 Å². The fraction of sp³-hybridized carbons (Fsp3) is 0.276. The zero-order valence-electron chi connectivity index (χ0n) is 22.8. The lowest BCUT2D eigenvalue weighted by atomic mass is 10.0. The number of nitrogens with zero attached hydrogens (tertiary/aromatic N) is 2. The molecule has 1 aliphatic rings. The van der Waals surface area contributed by atoms with Crippen LogP contribution in [-0.2, 0) is 11.2 Å². The Morgan fingerprint density at radius 3 is 2.51 bits per heavy atom. The molecule has 5 N–H and O–H groups in total. The smallest absolute Gasteiger partial charge is 0.325 e. The Bertz CT molecular complexity index is 1560. The highest BCUT2D eigenvalue weighted by atomic mass is 35.5. The zero-order valence-corrected chi connectivity index (χ0v) is 25.2. The molecule has 41 heavy (non-hydrogen) atoms. The molecule has 0 bridgehead atoms. The molecule has 3 aromatic carbocycles. The van der Waals surface area contributed by atoms with E-state index in [0.29, 0.717) is 22.8 Å². The molecule has 2 atom stereocenters. The standard InChI is InChI=1S/C29H32ClN5O4S2/c1-29(2,3)35-26(36)17-25(41(35,38)39)19-11-9-18(10-12-19)15-24(27-31-22-14-13-20(30)16-23(22)32-27)33-28(37)34-40-21-7-5-4-6-8-21/h4-14,16,24-25,38-39H,15,17H2,1-3H3,(H,31,32)(H2,33,34,37)/t24-,25?/m0/s1. The van der Waals surface area contributed by atoms with Crippen molar-refractivity contribution in [3.05, 3.63) is 94.8 Å². The minimum absolute atomic E-state index is 0.0317. The molecule has 1 aromatic heterocycles. The van der Waals surface area contributed by atoms with Crippen molar-refractivity contribution in [2.45, 2.75) is 55.3 Å². The van der Waals surface area contributed by atoms with Gasteiger partial charge in [0.2, 0.25) is 5.91 Å². The molecule has 0 radical (unpaired) electrons. The zero-order chi connectivity index (χ0) is 29.4. The van der Waals surface area contributed by atoms with Gasteiger partial charge in [0, 0.05) is 9.92 Å². The molecule has 2 heterocycles. The number of aromatic nitrogens is 2. The van der Waals surface area contributed by atoms with E-state index in [2.05, 4.69) is 15.0 Å². The molecule has 12 heteroatoms. The number of carbonyl (C=O) groups excluding carboxylic acids is 2. The molecule has 4 aromatic rings. The predicted molar refractivity (Wildman–Crippen MR) is 165 cm³/mol. The van der Waals surface area contributed by atoms with Crippen LogP contribution >= 0.6 is 34.3 Å². The molecule has 5 rings (SSSR count). The number of fused-ring (bicyclic) bond motifs is 1. The van der Waals surface area contributed by atoms with Crippen molar-refractivity contribution in [2.75, 3.05) is 0 Å². The van der Waals surface area contributed by atoms with Gasteiger partial charge < -0.3 is 10.3 Å². The first-order valence-electron chi connectivity index (χ1n) is 13.0. The second-order valence-corrected chi connectivity index (χ2v) is 14.3. The van der Waals surface area contributed by atoms with Gasteiger partial charge in [-0.2, -0.15) is 0 Å². The fourth-order valence-electron chi connectivity index (χ4n) is 4.98. The van der Waals surface area contributed by atoms with Gasteiger partial charge in [0.15, 0.2) is 0 Å². The van der Waals surface area contributed by atoms with Crippen LogP contribution in [0.1, 0.15) is 55.4 Å². The maximum Gasteiger partial charge on any atom is 0.325 e. The van der Waals surface area contributed by atoms with E-state index >= 15 is 0 Å². The maximum atomic E-state index is 12.9. The Kier molecular flexibility index (Phi) is 8.27. The number of hydrogen-bond donors (Lipinski definition) is 5. The van der Waals surface area contributed by atoms with E-state index in [1.54, 1.807) is 32.9 Å². The van der Waals surface area contributed by atoms with Crippen LogP contribution in [-0.4, -0.2) is 40.9 Å². The molecule has 0 saturated carbocycles. The van der Waals surface area contributed by atoms with Crippen molar-refractivity contribution in [1.82, 2.24) is 24.3 Å².